The Balaban J connectivity index is 2.31. The van der Waals surface area contributed by atoms with Crippen molar-refractivity contribution in [1.29, 1.82) is 5.26 Å². The lowest BCUT2D eigenvalue weighted by molar-refractivity contribution is 0.408. The van der Waals surface area contributed by atoms with Crippen LogP contribution >= 0.6 is 0 Å². The molecule has 1 aliphatic rings. The summed E-state index contributed by atoms with van der Waals surface area (Å²) < 4.78 is 0. The minimum atomic E-state index is 0.537. The average molecular weight is 214 g/mol. The molecule has 0 saturated carbocycles. The summed E-state index contributed by atoms with van der Waals surface area (Å²) in [4.78, 5) is 0. The van der Waals surface area contributed by atoms with Gasteiger partial charge in [0.1, 0.15) is 0 Å². The first-order valence-electron chi connectivity index (χ1n) is 5.96. The molecule has 0 unspecified atom stereocenters. The number of hydrogen-bond donors (Lipinski definition) is 1. The van der Waals surface area contributed by atoms with Gasteiger partial charge in [-0.2, -0.15) is 5.26 Å². The van der Waals surface area contributed by atoms with Crippen LogP contribution in [0, 0.1) is 17.2 Å². The third-order valence-corrected chi connectivity index (χ3v) is 3.38. The van der Waals surface area contributed by atoms with Gasteiger partial charge in [-0.1, -0.05) is 19.9 Å². The molecule has 2 rings (SSSR count). The molecule has 0 aliphatic carbocycles. The summed E-state index contributed by atoms with van der Waals surface area (Å²) >= 11 is 0. The predicted molar refractivity (Wildman–Crippen MR) is 65.2 cm³/mol. The van der Waals surface area contributed by atoms with Gasteiger partial charge in [0.25, 0.3) is 0 Å². The van der Waals surface area contributed by atoms with E-state index in [1.807, 2.05) is 6.07 Å². The van der Waals surface area contributed by atoms with E-state index in [0.29, 0.717) is 12.0 Å². The second kappa shape index (κ2) is 4.67. The van der Waals surface area contributed by atoms with E-state index in [4.69, 9.17) is 5.26 Å². The van der Waals surface area contributed by atoms with Crippen molar-refractivity contribution in [2.24, 2.45) is 5.92 Å². The van der Waals surface area contributed by atoms with Crippen LogP contribution in [0.2, 0.25) is 0 Å². The molecule has 84 valence electrons. The Morgan fingerprint density at radius 2 is 2.19 bits per heavy atom. The summed E-state index contributed by atoms with van der Waals surface area (Å²) in [6.07, 6.45) is 2.12. The monoisotopic (exact) mass is 214 g/mol. The molecule has 2 heteroatoms. The zero-order valence-electron chi connectivity index (χ0n) is 9.96. The number of rotatable bonds is 1. The molecule has 16 heavy (non-hydrogen) atoms. The standard InChI is InChI=1S/C14H18N2/c1-10(2)14-8-13-7-11(9-15)3-4-12(13)5-6-16-14/h3-4,7,10,14,16H,5-6,8H2,1-2H3/t14-/m0/s1. The molecule has 0 amide bonds. The van der Waals surface area contributed by atoms with E-state index in [2.05, 4.69) is 37.4 Å². The lowest BCUT2D eigenvalue weighted by Gasteiger charge is -2.20. The molecular formula is C14H18N2. The van der Waals surface area contributed by atoms with Gasteiger partial charge < -0.3 is 5.32 Å². The van der Waals surface area contributed by atoms with E-state index in [1.54, 1.807) is 0 Å². The van der Waals surface area contributed by atoms with Crippen molar-refractivity contribution < 1.29 is 0 Å². The first kappa shape index (κ1) is 11.2. The molecule has 0 radical (unpaired) electrons. The predicted octanol–water partition coefficient (Wildman–Crippen LogP) is 2.27. The summed E-state index contributed by atoms with van der Waals surface area (Å²) in [7, 11) is 0. The van der Waals surface area contributed by atoms with Crippen LogP contribution in [-0.4, -0.2) is 12.6 Å². The lowest BCUT2D eigenvalue weighted by Crippen LogP contribution is -2.35. The minimum absolute atomic E-state index is 0.537. The van der Waals surface area contributed by atoms with Crippen LogP contribution in [-0.2, 0) is 12.8 Å². The molecule has 2 nitrogen and oxygen atoms in total. The fourth-order valence-corrected chi connectivity index (χ4v) is 2.30. The van der Waals surface area contributed by atoms with Crippen LogP contribution < -0.4 is 5.32 Å². The summed E-state index contributed by atoms with van der Waals surface area (Å²) in [6.45, 7) is 5.54. The minimum Gasteiger partial charge on any atom is -0.313 e. The molecule has 0 saturated heterocycles. The smallest absolute Gasteiger partial charge is 0.0991 e. The van der Waals surface area contributed by atoms with Gasteiger partial charge in [-0.25, -0.2) is 0 Å². The fourth-order valence-electron chi connectivity index (χ4n) is 2.30. The highest BCUT2D eigenvalue weighted by molar-refractivity contribution is 5.39. The normalized spacial score (nSPS) is 20.0. The number of benzene rings is 1. The maximum absolute atomic E-state index is 8.92. The molecule has 1 N–H and O–H groups in total. The zero-order valence-corrected chi connectivity index (χ0v) is 9.96. The van der Waals surface area contributed by atoms with Gasteiger partial charge in [-0.3, -0.25) is 0 Å². The molecule has 0 fully saturated rings. The second-order valence-corrected chi connectivity index (χ2v) is 4.85. The van der Waals surface area contributed by atoms with Gasteiger partial charge in [0.2, 0.25) is 0 Å². The SMILES string of the molecule is CC(C)[C@@H]1Cc2cc(C#N)ccc2CCN1. The van der Waals surface area contributed by atoms with E-state index in [0.717, 1.165) is 24.9 Å². The first-order valence-corrected chi connectivity index (χ1v) is 5.96. The molecule has 1 heterocycles. The van der Waals surface area contributed by atoms with Crippen LogP contribution in [0.3, 0.4) is 0 Å². The van der Waals surface area contributed by atoms with Crippen molar-refractivity contribution in [1.82, 2.24) is 5.32 Å². The summed E-state index contributed by atoms with van der Waals surface area (Å²) in [6, 6.07) is 8.85. The number of nitrogens with one attached hydrogen (secondary N) is 1. The highest BCUT2D eigenvalue weighted by atomic mass is 14.9. The summed E-state index contributed by atoms with van der Waals surface area (Å²) in [5.41, 5.74) is 3.53. The Bertz CT molecular complexity index is 415. The van der Waals surface area contributed by atoms with E-state index >= 15 is 0 Å². The largest absolute Gasteiger partial charge is 0.313 e. The van der Waals surface area contributed by atoms with Crippen molar-refractivity contribution in [3.05, 3.63) is 34.9 Å². The number of fused-ring (bicyclic) bond motifs is 1. The Morgan fingerprint density at radius 3 is 2.88 bits per heavy atom. The fraction of sp³-hybridized carbons (Fsp3) is 0.500. The van der Waals surface area contributed by atoms with E-state index in [9.17, 15) is 0 Å². The Kier molecular flexibility index (Phi) is 3.26. The third-order valence-electron chi connectivity index (χ3n) is 3.38. The van der Waals surface area contributed by atoms with Gasteiger partial charge in [0, 0.05) is 6.04 Å². The number of nitriles is 1. The van der Waals surface area contributed by atoms with Crippen molar-refractivity contribution >= 4 is 0 Å². The van der Waals surface area contributed by atoms with E-state index in [1.165, 1.54) is 11.1 Å². The van der Waals surface area contributed by atoms with Gasteiger partial charge in [-0.15, -0.1) is 0 Å². The Morgan fingerprint density at radius 1 is 1.38 bits per heavy atom. The highest BCUT2D eigenvalue weighted by Gasteiger charge is 2.18. The van der Waals surface area contributed by atoms with Gasteiger partial charge in [-0.05, 0) is 48.6 Å². The molecular weight excluding hydrogens is 196 g/mol. The maximum atomic E-state index is 8.92. The van der Waals surface area contributed by atoms with Gasteiger partial charge in [0.15, 0.2) is 0 Å². The lowest BCUT2D eigenvalue weighted by atomic mass is 9.94. The van der Waals surface area contributed by atoms with Crippen LogP contribution in [0.15, 0.2) is 18.2 Å². The van der Waals surface area contributed by atoms with Crippen LogP contribution in [0.4, 0.5) is 0 Å². The molecule has 1 atom stereocenters. The maximum Gasteiger partial charge on any atom is 0.0991 e. The van der Waals surface area contributed by atoms with Crippen molar-refractivity contribution in [3.8, 4) is 6.07 Å². The second-order valence-electron chi connectivity index (χ2n) is 4.85. The zero-order chi connectivity index (χ0) is 11.5. The number of nitrogens with zero attached hydrogens (tertiary/aromatic N) is 1. The van der Waals surface area contributed by atoms with Crippen molar-refractivity contribution in [2.45, 2.75) is 32.7 Å². The summed E-state index contributed by atoms with van der Waals surface area (Å²) in [5.74, 6) is 0.636. The molecule has 1 aliphatic heterocycles. The molecule has 0 spiro atoms. The first-order chi connectivity index (χ1) is 7.70. The van der Waals surface area contributed by atoms with Crippen LogP contribution in [0.1, 0.15) is 30.5 Å². The number of hydrogen-bond acceptors (Lipinski definition) is 2. The van der Waals surface area contributed by atoms with E-state index < -0.39 is 0 Å². The average Bonchev–Trinajstić information content (AvgIpc) is 2.49. The third kappa shape index (κ3) is 2.25. The molecule has 1 aromatic carbocycles. The molecule has 0 bridgehead atoms. The van der Waals surface area contributed by atoms with Crippen molar-refractivity contribution in [3.63, 3.8) is 0 Å². The van der Waals surface area contributed by atoms with Crippen LogP contribution in [0.5, 0.6) is 0 Å². The van der Waals surface area contributed by atoms with Gasteiger partial charge in [0.05, 0.1) is 11.6 Å². The quantitative estimate of drug-likeness (QED) is 0.778. The van der Waals surface area contributed by atoms with Crippen molar-refractivity contribution in [2.75, 3.05) is 6.54 Å². The Hall–Kier alpha value is -1.33. The summed E-state index contributed by atoms with van der Waals surface area (Å²) in [5, 5.41) is 12.5. The highest BCUT2D eigenvalue weighted by Crippen LogP contribution is 2.19. The van der Waals surface area contributed by atoms with Gasteiger partial charge >= 0.3 is 0 Å². The Labute approximate surface area is 97.3 Å². The molecule has 0 aromatic heterocycles. The van der Waals surface area contributed by atoms with E-state index in [-0.39, 0.29) is 0 Å². The topological polar surface area (TPSA) is 35.8 Å². The van der Waals surface area contributed by atoms with Crippen LogP contribution in [0.25, 0.3) is 0 Å². The molecule has 1 aromatic rings.